The summed E-state index contributed by atoms with van der Waals surface area (Å²) in [6.07, 6.45) is 0. The van der Waals surface area contributed by atoms with E-state index in [1.165, 1.54) is 60.8 Å². The number of fused-ring (bicyclic) bond motifs is 14. The lowest BCUT2D eigenvalue weighted by Gasteiger charge is -2.45. The molecule has 294 valence electrons. The first-order valence-electron chi connectivity index (χ1n) is 21.8. The predicted octanol–water partition coefficient (Wildman–Crippen LogP) is 15.8. The number of rotatable bonds is 4. The van der Waals surface area contributed by atoms with E-state index in [-0.39, 0.29) is 5.92 Å². The van der Waals surface area contributed by atoms with Crippen LogP contribution in [0.3, 0.4) is 0 Å². The van der Waals surface area contributed by atoms with Crippen LogP contribution < -0.4 is 9.64 Å². The van der Waals surface area contributed by atoms with Gasteiger partial charge in [0.25, 0.3) is 0 Å². The molecule has 1 spiro atoms. The molecule has 0 saturated heterocycles. The highest BCUT2D eigenvalue weighted by Gasteiger charge is 2.49. The third-order valence-corrected chi connectivity index (χ3v) is 14.0. The molecule has 1 atom stereocenters. The molecule has 10 aromatic carbocycles. The van der Waals surface area contributed by atoms with Crippen LogP contribution in [0.5, 0.6) is 11.5 Å². The quantitative estimate of drug-likeness (QED) is 0.177. The van der Waals surface area contributed by atoms with Crippen LogP contribution in [-0.4, -0.2) is 0 Å². The number of benzene rings is 10. The van der Waals surface area contributed by atoms with Gasteiger partial charge < -0.3 is 14.1 Å². The molecule has 0 amide bonds. The molecular formula is C60H37NO2. The summed E-state index contributed by atoms with van der Waals surface area (Å²) in [6, 6.07) is 79.9. The first-order valence-corrected chi connectivity index (χ1v) is 21.8. The number of para-hydroxylation sites is 4. The first-order chi connectivity index (χ1) is 31.2. The van der Waals surface area contributed by atoms with Gasteiger partial charge in [0.05, 0.1) is 5.41 Å². The minimum absolute atomic E-state index is 0.0471. The summed E-state index contributed by atoms with van der Waals surface area (Å²) in [5.41, 5.74) is 18.2. The number of hydrogen-bond donors (Lipinski definition) is 0. The van der Waals surface area contributed by atoms with Gasteiger partial charge in [-0.1, -0.05) is 152 Å². The molecule has 3 heteroatoms. The summed E-state index contributed by atoms with van der Waals surface area (Å²) in [5.74, 6) is 1.82. The Bertz CT molecular complexity index is 3640. The van der Waals surface area contributed by atoms with Crippen molar-refractivity contribution in [1.82, 2.24) is 0 Å². The van der Waals surface area contributed by atoms with Crippen LogP contribution >= 0.6 is 0 Å². The lowest BCUT2D eigenvalue weighted by molar-refractivity contribution is 0.435. The van der Waals surface area contributed by atoms with Gasteiger partial charge in [0.15, 0.2) is 0 Å². The minimum Gasteiger partial charge on any atom is -0.457 e. The molecule has 11 aromatic rings. The average Bonchev–Trinajstić information content (AvgIpc) is 3.88. The second-order valence-corrected chi connectivity index (χ2v) is 17.1. The van der Waals surface area contributed by atoms with Gasteiger partial charge in [-0.2, -0.15) is 0 Å². The maximum atomic E-state index is 6.76. The van der Waals surface area contributed by atoms with Gasteiger partial charge in [0.1, 0.15) is 22.7 Å². The molecule has 3 aliphatic rings. The van der Waals surface area contributed by atoms with Crippen LogP contribution in [0.2, 0.25) is 0 Å². The zero-order chi connectivity index (χ0) is 41.2. The molecule has 3 nitrogen and oxygen atoms in total. The average molecular weight is 804 g/mol. The van der Waals surface area contributed by atoms with E-state index in [1.54, 1.807) is 0 Å². The smallest absolute Gasteiger partial charge is 0.135 e. The number of anilines is 3. The molecular weight excluding hydrogens is 767 g/mol. The minimum atomic E-state index is -0.645. The van der Waals surface area contributed by atoms with Crippen LogP contribution in [0.4, 0.5) is 17.1 Å². The molecule has 63 heavy (non-hydrogen) atoms. The van der Waals surface area contributed by atoms with Gasteiger partial charge in [0, 0.05) is 44.9 Å². The van der Waals surface area contributed by atoms with Crippen molar-refractivity contribution < 1.29 is 9.15 Å². The molecule has 0 bridgehead atoms. The molecule has 0 radical (unpaired) electrons. The van der Waals surface area contributed by atoms with Gasteiger partial charge in [-0.05, 0) is 128 Å². The van der Waals surface area contributed by atoms with E-state index in [2.05, 4.69) is 217 Å². The summed E-state index contributed by atoms with van der Waals surface area (Å²) < 4.78 is 13.1. The van der Waals surface area contributed by atoms with E-state index >= 15 is 0 Å². The van der Waals surface area contributed by atoms with Crippen LogP contribution in [0, 0.1) is 0 Å². The van der Waals surface area contributed by atoms with Gasteiger partial charge in [-0.3, -0.25) is 0 Å². The van der Waals surface area contributed by atoms with Gasteiger partial charge in [0.2, 0.25) is 0 Å². The monoisotopic (exact) mass is 803 g/mol. The van der Waals surface area contributed by atoms with Gasteiger partial charge in [-0.25, -0.2) is 0 Å². The fourth-order valence-electron chi connectivity index (χ4n) is 11.5. The second-order valence-electron chi connectivity index (χ2n) is 17.1. The molecule has 0 saturated carbocycles. The summed E-state index contributed by atoms with van der Waals surface area (Å²) in [6.45, 7) is 0. The summed E-state index contributed by atoms with van der Waals surface area (Å²) >= 11 is 0. The summed E-state index contributed by atoms with van der Waals surface area (Å²) in [7, 11) is 0. The Morgan fingerprint density at radius 3 is 1.86 bits per heavy atom. The van der Waals surface area contributed by atoms with E-state index in [9.17, 15) is 0 Å². The Kier molecular flexibility index (Phi) is 7.10. The van der Waals surface area contributed by atoms with Crippen molar-refractivity contribution in [2.24, 2.45) is 0 Å². The van der Waals surface area contributed by atoms with E-state index in [1.807, 2.05) is 6.07 Å². The highest BCUT2D eigenvalue weighted by Crippen LogP contribution is 2.62. The normalized spacial score (nSPS) is 14.8. The lowest BCUT2D eigenvalue weighted by Crippen LogP contribution is -2.36. The molecule has 0 N–H and O–H groups in total. The zero-order valence-corrected chi connectivity index (χ0v) is 34.1. The van der Waals surface area contributed by atoms with Crippen LogP contribution in [0.1, 0.15) is 44.9 Å². The van der Waals surface area contributed by atoms with Crippen molar-refractivity contribution in [3.63, 3.8) is 0 Å². The van der Waals surface area contributed by atoms with Gasteiger partial charge in [-0.15, -0.1) is 0 Å². The Labute approximate surface area is 364 Å². The van der Waals surface area contributed by atoms with Gasteiger partial charge >= 0.3 is 0 Å². The van der Waals surface area contributed by atoms with E-state index < -0.39 is 5.41 Å². The van der Waals surface area contributed by atoms with Crippen LogP contribution in [-0.2, 0) is 5.41 Å². The summed E-state index contributed by atoms with van der Waals surface area (Å²) in [5, 5.41) is 4.81. The molecule has 14 rings (SSSR count). The maximum Gasteiger partial charge on any atom is 0.135 e. The molecule has 1 aromatic heterocycles. The number of hydrogen-bond acceptors (Lipinski definition) is 3. The molecule has 1 unspecified atom stereocenters. The van der Waals surface area contributed by atoms with Crippen LogP contribution in [0.15, 0.2) is 223 Å². The maximum absolute atomic E-state index is 6.76. The first kappa shape index (κ1) is 34.6. The van der Waals surface area contributed by atoms with Crippen molar-refractivity contribution in [3.8, 4) is 33.8 Å². The Morgan fingerprint density at radius 1 is 0.381 bits per heavy atom. The fraction of sp³-hybridized carbons (Fsp3) is 0.0333. The second kappa shape index (κ2) is 12.9. The highest BCUT2D eigenvalue weighted by atomic mass is 16.5. The van der Waals surface area contributed by atoms with E-state index in [0.717, 1.165) is 61.6 Å². The molecule has 1 aliphatic heterocycles. The third kappa shape index (κ3) is 4.74. The largest absolute Gasteiger partial charge is 0.457 e. The number of nitrogens with zero attached hydrogens (tertiary/aromatic N) is 1. The summed E-state index contributed by atoms with van der Waals surface area (Å²) in [4.78, 5) is 2.44. The Balaban J connectivity index is 1.02. The van der Waals surface area contributed by atoms with E-state index in [0.29, 0.717) is 0 Å². The van der Waals surface area contributed by atoms with Crippen molar-refractivity contribution >= 4 is 49.8 Å². The van der Waals surface area contributed by atoms with Crippen molar-refractivity contribution in [3.05, 3.63) is 257 Å². The molecule has 0 fully saturated rings. The van der Waals surface area contributed by atoms with Crippen molar-refractivity contribution in [1.29, 1.82) is 0 Å². The van der Waals surface area contributed by atoms with E-state index in [4.69, 9.17) is 9.15 Å². The predicted molar refractivity (Wildman–Crippen MR) is 256 cm³/mol. The number of furan rings is 1. The van der Waals surface area contributed by atoms with Crippen molar-refractivity contribution in [2.45, 2.75) is 11.3 Å². The third-order valence-electron chi connectivity index (χ3n) is 14.0. The Hall–Kier alpha value is -8.14. The highest BCUT2D eigenvalue weighted by molar-refractivity contribution is 6.07. The number of ether oxygens (including phenoxy) is 1. The zero-order valence-electron chi connectivity index (χ0n) is 34.1. The standard InChI is InChI=1S/C60H37NO2/c1-2-16-39(17-3-1)61(40-29-31-43-42-18-4-5-20-46(42)58(49(43)35-40)38-28-33-55-48(34-38)45-19-6-9-25-54(45)62-55)41-30-32-44-47-21-12-14-37-15-13-24-52(59(37)47)60(53(44)36-41)50-22-7-10-26-56(50)63-57-27-11-8-23-51(57)60/h1-36,58H. The molecule has 2 aliphatic carbocycles. The van der Waals surface area contributed by atoms with Crippen LogP contribution in [0.25, 0.3) is 55.0 Å². The van der Waals surface area contributed by atoms with Crippen molar-refractivity contribution in [2.75, 3.05) is 4.90 Å². The SMILES string of the molecule is c1ccc(N(c2ccc3c(c2)C(c2ccc4oc5ccccc5c4c2)c2ccccc2-3)c2ccc3c(c2)C2(c4ccccc4Oc4ccccc42)c2cccc4cccc-3c24)cc1. The topological polar surface area (TPSA) is 25.6 Å². The molecule has 2 heterocycles. The fourth-order valence-corrected chi connectivity index (χ4v) is 11.5. The lowest BCUT2D eigenvalue weighted by atomic mass is 9.58. The Morgan fingerprint density at radius 2 is 1.02 bits per heavy atom.